The Balaban J connectivity index is 1.92. The van der Waals surface area contributed by atoms with Crippen LogP contribution in [-0.2, 0) is 0 Å². The number of nitrogens with zero attached hydrogens (tertiary/aromatic N) is 1. The minimum absolute atomic E-state index is 0.381. The van der Waals surface area contributed by atoms with Gasteiger partial charge in [0, 0.05) is 28.0 Å². The maximum absolute atomic E-state index is 4.32. The molecule has 1 fully saturated rings. The van der Waals surface area contributed by atoms with Crippen molar-refractivity contribution in [3.63, 3.8) is 0 Å². The summed E-state index contributed by atoms with van der Waals surface area (Å²) in [6.07, 6.45) is 0. The normalized spacial score (nSPS) is 26.9. The Kier molecular flexibility index (Phi) is 2.86. The van der Waals surface area contributed by atoms with Crippen LogP contribution in [0.2, 0.25) is 0 Å². The van der Waals surface area contributed by atoms with Crippen molar-refractivity contribution in [3.8, 4) is 0 Å². The van der Waals surface area contributed by atoms with Gasteiger partial charge in [0.25, 0.3) is 0 Å². The molecule has 0 bridgehead atoms. The van der Waals surface area contributed by atoms with E-state index in [9.17, 15) is 0 Å². The molecule has 1 aliphatic heterocycles. The largest absolute Gasteiger partial charge is 0.304 e. The molecule has 2 atom stereocenters. The summed E-state index contributed by atoms with van der Waals surface area (Å²) in [4.78, 5) is 4.32. The highest BCUT2D eigenvalue weighted by atomic mass is 32.2. The summed E-state index contributed by atoms with van der Waals surface area (Å²) in [6, 6.07) is 1.01. The molecule has 1 saturated heterocycles. The Hall–Kier alpha value is -0.0600. The lowest BCUT2D eigenvalue weighted by Crippen LogP contribution is -2.55. The number of hydrogen-bond donors (Lipinski definition) is 1. The Morgan fingerprint density at radius 3 is 2.86 bits per heavy atom. The van der Waals surface area contributed by atoms with E-state index in [2.05, 4.69) is 36.5 Å². The molecule has 2 nitrogen and oxygen atoms in total. The lowest BCUT2D eigenvalue weighted by molar-refractivity contribution is 0.393. The number of nitrogens with one attached hydrogen (secondary N) is 1. The average molecular weight is 228 g/mol. The number of aromatic nitrogens is 1. The predicted molar refractivity (Wildman–Crippen MR) is 64.0 cm³/mol. The average Bonchev–Trinajstić information content (AvgIpc) is 2.65. The second-order valence-electron chi connectivity index (χ2n) is 4.27. The first kappa shape index (κ1) is 10.5. The lowest BCUT2D eigenvalue weighted by Gasteiger charge is -2.45. The molecule has 0 radical (unpaired) electrons. The van der Waals surface area contributed by atoms with Crippen molar-refractivity contribution >= 4 is 23.1 Å². The molecule has 1 aromatic rings. The lowest BCUT2D eigenvalue weighted by atomic mass is 10.0. The highest BCUT2D eigenvalue weighted by Crippen LogP contribution is 2.40. The molecule has 2 heterocycles. The van der Waals surface area contributed by atoms with Gasteiger partial charge in [-0.05, 0) is 20.8 Å². The highest BCUT2D eigenvalue weighted by Gasteiger charge is 2.39. The summed E-state index contributed by atoms with van der Waals surface area (Å²) in [6.45, 7) is 6.79. The molecule has 2 unspecified atom stereocenters. The molecule has 0 spiro atoms. The SMILES string of the molecule is CC(NC1CSC1(C)C)c1cscn1. The van der Waals surface area contributed by atoms with Gasteiger partial charge in [0.2, 0.25) is 0 Å². The van der Waals surface area contributed by atoms with Crippen molar-refractivity contribution in [3.05, 3.63) is 16.6 Å². The van der Waals surface area contributed by atoms with E-state index in [1.54, 1.807) is 11.3 Å². The molecule has 0 saturated carbocycles. The van der Waals surface area contributed by atoms with Crippen molar-refractivity contribution in [1.82, 2.24) is 10.3 Å². The molecule has 2 rings (SSSR count). The third-order valence-corrected chi connectivity index (χ3v) is 4.94. The second kappa shape index (κ2) is 3.83. The Labute approximate surface area is 93.5 Å². The first-order chi connectivity index (χ1) is 6.59. The Bertz CT molecular complexity index is 295. The standard InChI is InChI=1S/C10H16N2S2/c1-7(8-4-13-6-11-8)12-9-5-14-10(9,2)3/h4,6-7,9,12H,5H2,1-3H3. The van der Waals surface area contributed by atoms with Crippen molar-refractivity contribution in [2.45, 2.75) is 37.6 Å². The number of hydrogen-bond acceptors (Lipinski definition) is 4. The summed E-state index contributed by atoms with van der Waals surface area (Å²) in [5.41, 5.74) is 3.07. The van der Waals surface area contributed by atoms with Crippen molar-refractivity contribution in [2.75, 3.05) is 5.75 Å². The molecule has 0 aromatic carbocycles. The topological polar surface area (TPSA) is 24.9 Å². The first-order valence-corrected chi connectivity index (χ1v) is 6.80. The van der Waals surface area contributed by atoms with Gasteiger partial charge in [-0.25, -0.2) is 4.98 Å². The van der Waals surface area contributed by atoms with Crippen molar-refractivity contribution < 1.29 is 0 Å². The van der Waals surface area contributed by atoms with Gasteiger partial charge in [-0.1, -0.05) is 0 Å². The van der Waals surface area contributed by atoms with Gasteiger partial charge in [-0.3, -0.25) is 0 Å². The van der Waals surface area contributed by atoms with E-state index in [0.717, 1.165) is 0 Å². The predicted octanol–water partition coefficient (Wildman–Crippen LogP) is 2.69. The van der Waals surface area contributed by atoms with Crippen molar-refractivity contribution in [1.29, 1.82) is 0 Å². The van der Waals surface area contributed by atoms with Crippen LogP contribution in [0.5, 0.6) is 0 Å². The van der Waals surface area contributed by atoms with Crippen LogP contribution in [0.4, 0.5) is 0 Å². The zero-order chi connectivity index (χ0) is 10.2. The van der Waals surface area contributed by atoms with Gasteiger partial charge >= 0.3 is 0 Å². The van der Waals surface area contributed by atoms with Crippen LogP contribution in [0.3, 0.4) is 0 Å². The van der Waals surface area contributed by atoms with Crippen LogP contribution in [-0.4, -0.2) is 21.5 Å². The van der Waals surface area contributed by atoms with E-state index in [4.69, 9.17) is 0 Å². The van der Waals surface area contributed by atoms with Gasteiger partial charge in [0.1, 0.15) is 0 Å². The van der Waals surface area contributed by atoms with Crippen LogP contribution in [0.25, 0.3) is 0 Å². The number of thiazole rings is 1. The fourth-order valence-corrected chi connectivity index (χ4v) is 3.38. The Morgan fingerprint density at radius 1 is 1.64 bits per heavy atom. The molecule has 1 N–H and O–H groups in total. The zero-order valence-corrected chi connectivity index (χ0v) is 10.4. The van der Waals surface area contributed by atoms with E-state index in [-0.39, 0.29) is 0 Å². The van der Waals surface area contributed by atoms with Crippen LogP contribution < -0.4 is 5.32 Å². The summed E-state index contributed by atoms with van der Waals surface area (Å²) < 4.78 is 0.393. The molecular formula is C10H16N2S2. The van der Waals surface area contributed by atoms with E-state index in [0.29, 0.717) is 16.8 Å². The molecule has 4 heteroatoms. The fourth-order valence-electron chi connectivity index (χ4n) is 1.57. The van der Waals surface area contributed by atoms with E-state index in [1.165, 1.54) is 11.4 Å². The maximum Gasteiger partial charge on any atom is 0.0795 e. The zero-order valence-electron chi connectivity index (χ0n) is 8.78. The Morgan fingerprint density at radius 2 is 2.43 bits per heavy atom. The molecular weight excluding hydrogens is 212 g/mol. The van der Waals surface area contributed by atoms with Crippen LogP contribution in [0.1, 0.15) is 32.5 Å². The minimum Gasteiger partial charge on any atom is -0.304 e. The minimum atomic E-state index is 0.381. The third kappa shape index (κ3) is 1.97. The van der Waals surface area contributed by atoms with Crippen molar-refractivity contribution in [2.24, 2.45) is 0 Å². The highest BCUT2D eigenvalue weighted by molar-refractivity contribution is 8.02. The molecule has 78 valence electrons. The molecule has 1 aromatic heterocycles. The quantitative estimate of drug-likeness (QED) is 0.861. The molecule has 14 heavy (non-hydrogen) atoms. The van der Waals surface area contributed by atoms with Gasteiger partial charge < -0.3 is 5.32 Å². The summed E-state index contributed by atoms with van der Waals surface area (Å²) in [7, 11) is 0. The maximum atomic E-state index is 4.32. The van der Waals surface area contributed by atoms with E-state index < -0.39 is 0 Å². The van der Waals surface area contributed by atoms with Gasteiger partial charge in [0.15, 0.2) is 0 Å². The second-order valence-corrected chi connectivity index (χ2v) is 6.66. The summed E-state index contributed by atoms with van der Waals surface area (Å²) in [5, 5.41) is 5.75. The summed E-state index contributed by atoms with van der Waals surface area (Å²) in [5.74, 6) is 1.22. The van der Waals surface area contributed by atoms with E-state index in [1.807, 2.05) is 17.3 Å². The van der Waals surface area contributed by atoms with Gasteiger partial charge in [-0.2, -0.15) is 11.8 Å². The fraction of sp³-hybridized carbons (Fsp3) is 0.700. The van der Waals surface area contributed by atoms with Gasteiger partial charge in [0.05, 0.1) is 11.2 Å². The monoisotopic (exact) mass is 228 g/mol. The number of thioether (sulfide) groups is 1. The van der Waals surface area contributed by atoms with Crippen LogP contribution in [0.15, 0.2) is 10.9 Å². The summed E-state index contributed by atoms with van der Waals surface area (Å²) >= 11 is 3.69. The number of rotatable bonds is 3. The molecule has 0 aliphatic carbocycles. The molecule has 0 amide bonds. The third-order valence-electron chi connectivity index (χ3n) is 2.81. The smallest absolute Gasteiger partial charge is 0.0795 e. The van der Waals surface area contributed by atoms with Crippen LogP contribution in [0, 0.1) is 0 Å². The van der Waals surface area contributed by atoms with Gasteiger partial charge in [-0.15, -0.1) is 11.3 Å². The van der Waals surface area contributed by atoms with Crippen LogP contribution >= 0.6 is 23.1 Å². The van der Waals surface area contributed by atoms with E-state index >= 15 is 0 Å². The first-order valence-electron chi connectivity index (χ1n) is 4.87. The molecule has 1 aliphatic rings.